The number of unbranched alkanes of at least 4 members (excludes halogenated alkanes) is 2. The van der Waals surface area contributed by atoms with E-state index in [0.29, 0.717) is 5.41 Å². The summed E-state index contributed by atoms with van der Waals surface area (Å²) in [6.45, 7) is 16.2. The van der Waals surface area contributed by atoms with E-state index in [1.54, 1.807) is 0 Å². The van der Waals surface area contributed by atoms with Gasteiger partial charge in [0, 0.05) is 6.61 Å². The van der Waals surface area contributed by atoms with Crippen molar-refractivity contribution in [1.82, 2.24) is 0 Å². The summed E-state index contributed by atoms with van der Waals surface area (Å²) in [6.07, 6.45) is 5.48. The lowest BCUT2D eigenvalue weighted by molar-refractivity contribution is 0.283. The van der Waals surface area contributed by atoms with Gasteiger partial charge >= 0.3 is 0 Å². The van der Waals surface area contributed by atoms with E-state index in [2.05, 4.69) is 40.4 Å². The molecular formula is C13H28OSi. The second-order valence-electron chi connectivity index (χ2n) is 6.13. The van der Waals surface area contributed by atoms with Gasteiger partial charge in [-0.05, 0) is 43.8 Å². The average molecular weight is 228 g/mol. The minimum absolute atomic E-state index is 0.400. The Hall–Kier alpha value is -0.0831. The van der Waals surface area contributed by atoms with Crippen molar-refractivity contribution in [3.63, 3.8) is 0 Å². The predicted octanol–water partition coefficient (Wildman–Crippen LogP) is 4.61. The molecule has 0 aromatic carbocycles. The number of allylic oxidation sites excluding steroid dienone is 1. The maximum Gasteiger partial charge on any atom is 0.187 e. The van der Waals surface area contributed by atoms with E-state index in [1.807, 2.05) is 6.08 Å². The normalized spacial score (nSPS) is 12.9. The number of rotatable bonds is 7. The zero-order chi connectivity index (χ0) is 11.9. The lowest BCUT2D eigenvalue weighted by Crippen LogP contribution is -2.35. The van der Waals surface area contributed by atoms with Crippen LogP contribution in [0.4, 0.5) is 0 Å². The average Bonchev–Trinajstić information content (AvgIpc) is 1.99. The van der Waals surface area contributed by atoms with Crippen molar-refractivity contribution < 1.29 is 4.43 Å². The maximum atomic E-state index is 6.06. The second kappa shape index (κ2) is 6.49. The lowest BCUT2D eigenvalue weighted by Gasteiger charge is -2.30. The van der Waals surface area contributed by atoms with Crippen molar-refractivity contribution in [2.24, 2.45) is 5.41 Å². The van der Waals surface area contributed by atoms with Crippen LogP contribution in [0.15, 0.2) is 12.7 Å². The fourth-order valence-corrected chi connectivity index (χ4v) is 5.42. The summed E-state index contributed by atoms with van der Waals surface area (Å²) >= 11 is 0. The van der Waals surface area contributed by atoms with Crippen LogP contribution in [0.3, 0.4) is 0 Å². The molecule has 0 aliphatic carbocycles. The number of hydrogen-bond acceptors (Lipinski definition) is 1. The highest BCUT2D eigenvalue weighted by molar-refractivity contribution is 6.71. The summed E-state index contributed by atoms with van der Waals surface area (Å²) in [5, 5.41) is 0. The van der Waals surface area contributed by atoms with Crippen molar-refractivity contribution in [1.29, 1.82) is 0 Å². The van der Waals surface area contributed by atoms with Crippen LogP contribution in [0.25, 0.3) is 0 Å². The van der Waals surface area contributed by atoms with Crippen LogP contribution in [-0.4, -0.2) is 14.9 Å². The van der Waals surface area contributed by atoms with Gasteiger partial charge in [-0.1, -0.05) is 26.8 Å². The van der Waals surface area contributed by atoms with Crippen molar-refractivity contribution in [2.75, 3.05) is 6.61 Å². The van der Waals surface area contributed by atoms with Crippen molar-refractivity contribution >= 4 is 8.32 Å². The van der Waals surface area contributed by atoms with Gasteiger partial charge in [-0.3, -0.25) is 0 Å². The molecule has 15 heavy (non-hydrogen) atoms. The van der Waals surface area contributed by atoms with Crippen LogP contribution in [0, 0.1) is 5.41 Å². The van der Waals surface area contributed by atoms with Gasteiger partial charge in [0.15, 0.2) is 8.32 Å². The van der Waals surface area contributed by atoms with Crippen LogP contribution >= 0.6 is 0 Å². The molecule has 0 unspecified atom stereocenters. The van der Waals surface area contributed by atoms with Gasteiger partial charge in [-0.2, -0.15) is 0 Å². The quantitative estimate of drug-likeness (QED) is 0.351. The Morgan fingerprint density at radius 1 is 1.20 bits per heavy atom. The molecule has 0 aliphatic heterocycles. The van der Waals surface area contributed by atoms with Gasteiger partial charge < -0.3 is 4.43 Å². The SMILES string of the molecule is C=CCCCCO[Si](C)(C)CC(C)(C)C. The molecule has 0 spiro atoms. The first-order valence-electron chi connectivity index (χ1n) is 6.02. The molecule has 0 saturated carbocycles. The Kier molecular flexibility index (Phi) is 6.45. The van der Waals surface area contributed by atoms with E-state index in [4.69, 9.17) is 4.43 Å². The summed E-state index contributed by atoms with van der Waals surface area (Å²) in [5.74, 6) is 0. The van der Waals surface area contributed by atoms with E-state index in [-0.39, 0.29) is 0 Å². The molecule has 2 heteroatoms. The minimum atomic E-state index is -1.42. The molecule has 0 N–H and O–H groups in total. The molecule has 0 aromatic heterocycles. The molecule has 0 bridgehead atoms. The summed E-state index contributed by atoms with van der Waals surface area (Å²) in [5.41, 5.74) is 0.400. The number of hydrogen-bond donors (Lipinski definition) is 0. The summed E-state index contributed by atoms with van der Waals surface area (Å²) in [6, 6.07) is 1.24. The second-order valence-corrected chi connectivity index (χ2v) is 10.3. The highest BCUT2D eigenvalue weighted by Gasteiger charge is 2.28. The summed E-state index contributed by atoms with van der Waals surface area (Å²) < 4.78 is 6.06. The van der Waals surface area contributed by atoms with E-state index >= 15 is 0 Å². The Bertz CT molecular complexity index is 179. The zero-order valence-electron chi connectivity index (χ0n) is 11.2. The van der Waals surface area contributed by atoms with Gasteiger partial charge in [0.1, 0.15) is 0 Å². The molecular weight excluding hydrogens is 200 g/mol. The molecule has 0 heterocycles. The van der Waals surface area contributed by atoms with Gasteiger partial charge in [-0.25, -0.2) is 0 Å². The van der Waals surface area contributed by atoms with E-state index in [9.17, 15) is 0 Å². The predicted molar refractivity (Wildman–Crippen MR) is 71.7 cm³/mol. The molecule has 0 atom stereocenters. The summed E-state index contributed by atoms with van der Waals surface area (Å²) in [4.78, 5) is 0. The van der Waals surface area contributed by atoms with Crippen molar-refractivity contribution in [2.45, 2.75) is 59.2 Å². The lowest BCUT2D eigenvalue weighted by atomic mass is 10.0. The monoisotopic (exact) mass is 228 g/mol. The van der Waals surface area contributed by atoms with Gasteiger partial charge in [0.2, 0.25) is 0 Å². The van der Waals surface area contributed by atoms with Gasteiger partial charge in [0.05, 0.1) is 0 Å². The fraction of sp³-hybridized carbons (Fsp3) is 0.846. The van der Waals surface area contributed by atoms with E-state index in [0.717, 1.165) is 13.0 Å². The largest absolute Gasteiger partial charge is 0.417 e. The van der Waals surface area contributed by atoms with E-state index in [1.165, 1.54) is 18.9 Å². The van der Waals surface area contributed by atoms with Crippen LogP contribution < -0.4 is 0 Å². The van der Waals surface area contributed by atoms with Gasteiger partial charge in [0.25, 0.3) is 0 Å². The molecule has 0 fully saturated rings. The third-order valence-electron chi connectivity index (χ3n) is 2.25. The molecule has 0 amide bonds. The fourth-order valence-electron chi connectivity index (χ4n) is 2.07. The third kappa shape index (κ3) is 10.2. The van der Waals surface area contributed by atoms with Crippen LogP contribution in [0.1, 0.15) is 40.0 Å². The van der Waals surface area contributed by atoms with Gasteiger partial charge in [-0.15, -0.1) is 6.58 Å². The van der Waals surface area contributed by atoms with Crippen LogP contribution in [0.2, 0.25) is 19.1 Å². The van der Waals surface area contributed by atoms with E-state index < -0.39 is 8.32 Å². The molecule has 0 aromatic rings. The Morgan fingerprint density at radius 2 is 1.80 bits per heavy atom. The molecule has 90 valence electrons. The standard InChI is InChI=1S/C13H28OSi/c1-7-8-9-10-11-14-15(5,6)12-13(2,3)4/h7H,1,8-12H2,2-6H3. The maximum absolute atomic E-state index is 6.06. The third-order valence-corrected chi connectivity index (χ3v) is 5.15. The first-order chi connectivity index (χ1) is 6.77. The first kappa shape index (κ1) is 14.9. The first-order valence-corrected chi connectivity index (χ1v) is 9.13. The highest BCUT2D eigenvalue weighted by atomic mass is 28.4. The molecule has 0 rings (SSSR count). The zero-order valence-corrected chi connectivity index (χ0v) is 12.2. The molecule has 0 saturated heterocycles. The topological polar surface area (TPSA) is 9.23 Å². The molecule has 0 aliphatic rings. The highest BCUT2D eigenvalue weighted by Crippen LogP contribution is 2.28. The smallest absolute Gasteiger partial charge is 0.187 e. The Balaban J connectivity index is 3.69. The van der Waals surface area contributed by atoms with Crippen molar-refractivity contribution in [3.8, 4) is 0 Å². The summed E-state index contributed by atoms with van der Waals surface area (Å²) in [7, 11) is -1.42. The van der Waals surface area contributed by atoms with Crippen LogP contribution in [-0.2, 0) is 4.43 Å². The molecule has 0 radical (unpaired) electrons. The Labute approximate surface area is 97.0 Å². The van der Waals surface area contributed by atoms with Crippen LogP contribution in [0.5, 0.6) is 0 Å². The Morgan fingerprint density at radius 3 is 2.27 bits per heavy atom. The minimum Gasteiger partial charge on any atom is -0.417 e. The molecule has 1 nitrogen and oxygen atoms in total. The van der Waals surface area contributed by atoms with Crippen molar-refractivity contribution in [3.05, 3.63) is 12.7 Å².